The third-order valence-corrected chi connectivity index (χ3v) is 2.40. The highest BCUT2D eigenvalue weighted by molar-refractivity contribution is 5.49. The van der Waals surface area contributed by atoms with Crippen LogP contribution >= 0.6 is 0 Å². The van der Waals surface area contributed by atoms with Gasteiger partial charge in [-0.25, -0.2) is 0 Å². The highest BCUT2D eigenvalue weighted by Gasteiger charge is 1.99. The molecule has 1 rings (SSSR count). The van der Waals surface area contributed by atoms with Crippen molar-refractivity contribution in [1.82, 2.24) is 15.1 Å². The van der Waals surface area contributed by atoms with Crippen LogP contribution in [0.4, 0.5) is 0 Å². The van der Waals surface area contributed by atoms with Crippen LogP contribution < -0.4 is 5.32 Å². The zero-order chi connectivity index (χ0) is 11.3. The fourth-order valence-corrected chi connectivity index (χ4v) is 1.35. The first-order valence-corrected chi connectivity index (χ1v) is 5.54. The molecule has 0 spiro atoms. The van der Waals surface area contributed by atoms with Crippen molar-refractivity contribution in [2.75, 3.05) is 6.54 Å². The number of hydrogen-bond donors (Lipinski definition) is 1. The van der Waals surface area contributed by atoms with Crippen LogP contribution in [0.5, 0.6) is 0 Å². The second-order valence-corrected chi connectivity index (χ2v) is 4.07. The van der Waals surface area contributed by atoms with Gasteiger partial charge in [0.15, 0.2) is 0 Å². The molecule has 0 unspecified atom stereocenters. The molecule has 15 heavy (non-hydrogen) atoms. The second kappa shape index (κ2) is 5.71. The summed E-state index contributed by atoms with van der Waals surface area (Å²) in [5, 5.41) is 7.58. The van der Waals surface area contributed by atoms with Gasteiger partial charge in [-0.1, -0.05) is 26.3 Å². The number of nitrogens with one attached hydrogen (secondary N) is 1. The summed E-state index contributed by atoms with van der Waals surface area (Å²) in [6, 6.07) is 2.57. The van der Waals surface area contributed by atoms with Gasteiger partial charge in [-0.05, 0) is 18.6 Å². The average molecular weight is 207 g/mol. The van der Waals surface area contributed by atoms with Crippen molar-refractivity contribution in [3.05, 3.63) is 23.5 Å². The maximum atomic E-state index is 4.15. The smallest absolute Gasteiger partial charge is 0.0606 e. The third kappa shape index (κ3) is 3.88. The van der Waals surface area contributed by atoms with Gasteiger partial charge in [0.2, 0.25) is 0 Å². The van der Waals surface area contributed by atoms with Gasteiger partial charge < -0.3 is 5.32 Å². The van der Waals surface area contributed by atoms with Gasteiger partial charge in [0.1, 0.15) is 0 Å². The standard InChI is InChI=1S/C12H21N3/c1-5-11(9-13-10(2)3)8-12-6-7-14-15(12)4/h6-8,10,13H,5,9H2,1-4H3. The van der Waals surface area contributed by atoms with E-state index in [1.54, 1.807) is 0 Å². The Labute approximate surface area is 92.2 Å². The first kappa shape index (κ1) is 12.0. The normalized spacial score (nSPS) is 12.5. The third-order valence-electron chi connectivity index (χ3n) is 2.40. The average Bonchev–Trinajstić information content (AvgIpc) is 2.58. The van der Waals surface area contributed by atoms with Crippen molar-refractivity contribution in [2.45, 2.75) is 33.2 Å². The predicted molar refractivity (Wildman–Crippen MR) is 64.6 cm³/mol. The molecule has 0 aliphatic rings. The molecule has 0 aliphatic carbocycles. The number of aryl methyl sites for hydroxylation is 1. The zero-order valence-electron chi connectivity index (χ0n) is 10.1. The minimum atomic E-state index is 0.534. The second-order valence-electron chi connectivity index (χ2n) is 4.07. The summed E-state index contributed by atoms with van der Waals surface area (Å²) in [6.07, 6.45) is 5.11. The van der Waals surface area contributed by atoms with Crippen molar-refractivity contribution in [2.24, 2.45) is 7.05 Å². The summed E-state index contributed by atoms with van der Waals surface area (Å²) in [7, 11) is 1.97. The van der Waals surface area contributed by atoms with Crippen molar-refractivity contribution < 1.29 is 0 Å². The molecule has 1 heterocycles. The van der Waals surface area contributed by atoms with Crippen LogP contribution in [0.2, 0.25) is 0 Å². The monoisotopic (exact) mass is 207 g/mol. The fraction of sp³-hybridized carbons (Fsp3) is 0.583. The Morgan fingerprint density at radius 1 is 1.60 bits per heavy atom. The van der Waals surface area contributed by atoms with Gasteiger partial charge in [-0.2, -0.15) is 5.10 Å². The molecule has 0 saturated carbocycles. The van der Waals surface area contributed by atoms with Crippen LogP contribution in [0, 0.1) is 0 Å². The minimum Gasteiger partial charge on any atom is -0.311 e. The zero-order valence-corrected chi connectivity index (χ0v) is 10.1. The van der Waals surface area contributed by atoms with Crippen molar-refractivity contribution in [1.29, 1.82) is 0 Å². The van der Waals surface area contributed by atoms with E-state index in [-0.39, 0.29) is 0 Å². The van der Waals surface area contributed by atoms with Gasteiger partial charge in [0, 0.05) is 25.8 Å². The Morgan fingerprint density at radius 3 is 2.80 bits per heavy atom. The molecule has 0 radical (unpaired) electrons. The van der Waals surface area contributed by atoms with Crippen LogP contribution in [0.1, 0.15) is 32.9 Å². The molecule has 1 aromatic heterocycles. The summed E-state index contributed by atoms with van der Waals surface area (Å²) in [5.41, 5.74) is 2.57. The lowest BCUT2D eigenvalue weighted by Crippen LogP contribution is -2.24. The Bertz CT molecular complexity index is 323. The predicted octanol–water partition coefficient (Wildman–Crippen LogP) is 2.21. The summed E-state index contributed by atoms with van der Waals surface area (Å²) in [5.74, 6) is 0. The molecule has 1 N–H and O–H groups in total. The van der Waals surface area contributed by atoms with Crippen LogP contribution in [-0.4, -0.2) is 22.4 Å². The van der Waals surface area contributed by atoms with E-state index in [0.717, 1.165) is 18.7 Å². The van der Waals surface area contributed by atoms with E-state index in [1.165, 1.54) is 5.57 Å². The lowest BCUT2D eigenvalue weighted by Gasteiger charge is -2.10. The summed E-state index contributed by atoms with van der Waals surface area (Å²) >= 11 is 0. The Morgan fingerprint density at radius 2 is 2.33 bits per heavy atom. The number of rotatable bonds is 5. The Balaban J connectivity index is 2.65. The number of nitrogens with zero attached hydrogens (tertiary/aromatic N) is 2. The molecule has 0 atom stereocenters. The Hall–Kier alpha value is -1.09. The van der Waals surface area contributed by atoms with E-state index in [1.807, 2.05) is 24.0 Å². The summed E-state index contributed by atoms with van der Waals surface area (Å²) in [4.78, 5) is 0. The highest BCUT2D eigenvalue weighted by atomic mass is 15.2. The lowest BCUT2D eigenvalue weighted by atomic mass is 10.1. The minimum absolute atomic E-state index is 0.534. The molecule has 84 valence electrons. The van der Waals surface area contributed by atoms with Crippen LogP contribution in [-0.2, 0) is 7.05 Å². The number of hydrogen-bond acceptors (Lipinski definition) is 2. The number of aromatic nitrogens is 2. The van der Waals surface area contributed by atoms with Gasteiger partial charge in [0.05, 0.1) is 5.69 Å². The molecule has 3 nitrogen and oxygen atoms in total. The van der Waals surface area contributed by atoms with Crippen molar-refractivity contribution >= 4 is 6.08 Å². The Kier molecular flexibility index (Phi) is 4.56. The first-order valence-electron chi connectivity index (χ1n) is 5.54. The van der Waals surface area contributed by atoms with E-state index in [4.69, 9.17) is 0 Å². The molecule has 3 heteroatoms. The van der Waals surface area contributed by atoms with Crippen LogP contribution in [0.3, 0.4) is 0 Å². The highest BCUT2D eigenvalue weighted by Crippen LogP contribution is 2.08. The SMILES string of the molecule is CCC(=Cc1ccnn1C)CNC(C)C. The van der Waals surface area contributed by atoms with Crippen molar-refractivity contribution in [3.63, 3.8) is 0 Å². The van der Waals surface area contributed by atoms with Gasteiger partial charge >= 0.3 is 0 Å². The molecule has 0 fully saturated rings. The van der Waals surface area contributed by atoms with Gasteiger partial charge in [-0.3, -0.25) is 4.68 Å². The van der Waals surface area contributed by atoms with Crippen LogP contribution in [0.25, 0.3) is 6.08 Å². The molecule has 0 bridgehead atoms. The van der Waals surface area contributed by atoms with Crippen LogP contribution in [0.15, 0.2) is 17.8 Å². The van der Waals surface area contributed by atoms with E-state index >= 15 is 0 Å². The topological polar surface area (TPSA) is 29.9 Å². The quantitative estimate of drug-likeness (QED) is 0.802. The van der Waals surface area contributed by atoms with E-state index in [0.29, 0.717) is 6.04 Å². The van der Waals surface area contributed by atoms with Crippen molar-refractivity contribution in [3.8, 4) is 0 Å². The molecular formula is C12H21N3. The molecule has 0 aliphatic heterocycles. The molecule has 0 saturated heterocycles. The summed E-state index contributed by atoms with van der Waals surface area (Å²) in [6.45, 7) is 7.47. The van der Waals surface area contributed by atoms with E-state index in [2.05, 4.69) is 37.3 Å². The fourth-order valence-electron chi connectivity index (χ4n) is 1.35. The molecule has 1 aromatic rings. The maximum absolute atomic E-state index is 4.15. The first-order chi connectivity index (χ1) is 7.13. The van der Waals surface area contributed by atoms with Gasteiger partial charge in [0.25, 0.3) is 0 Å². The molecule has 0 aromatic carbocycles. The molecular weight excluding hydrogens is 186 g/mol. The largest absolute Gasteiger partial charge is 0.311 e. The maximum Gasteiger partial charge on any atom is 0.0606 e. The van der Waals surface area contributed by atoms with Gasteiger partial charge in [-0.15, -0.1) is 0 Å². The molecule has 0 amide bonds. The van der Waals surface area contributed by atoms with E-state index in [9.17, 15) is 0 Å². The lowest BCUT2D eigenvalue weighted by molar-refractivity contribution is 0.616. The van der Waals surface area contributed by atoms with E-state index < -0.39 is 0 Å². The summed E-state index contributed by atoms with van der Waals surface area (Å²) < 4.78 is 1.89.